The van der Waals surface area contributed by atoms with E-state index in [1.54, 1.807) is 0 Å². The maximum absolute atomic E-state index is 10.1. The Morgan fingerprint density at radius 2 is 2.06 bits per heavy atom. The number of hydrogen-bond acceptors (Lipinski definition) is 3. The molecule has 1 rings (SSSR count). The van der Waals surface area contributed by atoms with Crippen molar-refractivity contribution in [3.63, 3.8) is 0 Å². The molecule has 0 amide bonds. The Morgan fingerprint density at radius 3 is 2.65 bits per heavy atom. The van der Waals surface area contributed by atoms with Crippen LogP contribution in [-0.2, 0) is 0 Å². The van der Waals surface area contributed by atoms with Crippen LogP contribution in [0.5, 0.6) is 0 Å². The highest BCUT2D eigenvalue weighted by atomic mass is 16.3. The summed E-state index contributed by atoms with van der Waals surface area (Å²) >= 11 is 0. The van der Waals surface area contributed by atoms with Crippen molar-refractivity contribution in [3.8, 4) is 0 Å². The van der Waals surface area contributed by atoms with E-state index in [1.165, 1.54) is 0 Å². The molecule has 0 aliphatic heterocycles. The van der Waals surface area contributed by atoms with Gasteiger partial charge in [-0.1, -0.05) is 20.8 Å². The molecule has 0 aromatic carbocycles. The summed E-state index contributed by atoms with van der Waals surface area (Å²) in [6.45, 7) is 9.93. The Bertz CT molecular complexity index is 218. The van der Waals surface area contributed by atoms with Crippen LogP contribution in [0.15, 0.2) is 0 Å². The van der Waals surface area contributed by atoms with E-state index in [4.69, 9.17) is 5.11 Å². The molecule has 1 aliphatic carbocycles. The summed E-state index contributed by atoms with van der Waals surface area (Å²) in [5.74, 6) is 0.400. The zero-order chi connectivity index (χ0) is 12.9. The van der Waals surface area contributed by atoms with Gasteiger partial charge in [0, 0.05) is 19.7 Å². The molecule has 2 N–H and O–H groups in total. The maximum atomic E-state index is 10.1. The van der Waals surface area contributed by atoms with Gasteiger partial charge in [-0.15, -0.1) is 0 Å². The summed E-state index contributed by atoms with van der Waals surface area (Å²) < 4.78 is 0. The van der Waals surface area contributed by atoms with Crippen molar-refractivity contribution in [1.82, 2.24) is 4.90 Å². The van der Waals surface area contributed by atoms with Gasteiger partial charge in [0.2, 0.25) is 0 Å². The lowest BCUT2D eigenvalue weighted by molar-refractivity contribution is 0.00427. The van der Waals surface area contributed by atoms with Crippen molar-refractivity contribution in [1.29, 1.82) is 0 Å². The van der Waals surface area contributed by atoms with Gasteiger partial charge in [0.25, 0.3) is 0 Å². The zero-order valence-corrected chi connectivity index (χ0v) is 11.7. The van der Waals surface area contributed by atoms with Crippen molar-refractivity contribution < 1.29 is 10.2 Å². The summed E-state index contributed by atoms with van der Waals surface area (Å²) in [6, 6.07) is 0. The Labute approximate surface area is 106 Å². The second-order valence-corrected chi connectivity index (χ2v) is 6.20. The van der Waals surface area contributed by atoms with Gasteiger partial charge >= 0.3 is 0 Å². The van der Waals surface area contributed by atoms with Crippen molar-refractivity contribution in [3.05, 3.63) is 0 Å². The Hall–Kier alpha value is -0.120. The lowest BCUT2D eigenvalue weighted by Gasteiger charge is -2.40. The normalized spacial score (nSPS) is 28.6. The third-order valence-electron chi connectivity index (χ3n) is 4.05. The molecule has 102 valence electrons. The van der Waals surface area contributed by atoms with Gasteiger partial charge in [-0.2, -0.15) is 0 Å². The minimum absolute atomic E-state index is 0.133. The van der Waals surface area contributed by atoms with Crippen LogP contribution in [0.3, 0.4) is 0 Å². The highest BCUT2D eigenvalue weighted by Gasteiger charge is 2.34. The van der Waals surface area contributed by atoms with Crippen LogP contribution in [0.1, 0.15) is 46.5 Å². The molecular formula is C14H29NO2. The van der Waals surface area contributed by atoms with Crippen LogP contribution in [0.2, 0.25) is 0 Å². The summed E-state index contributed by atoms with van der Waals surface area (Å²) in [6.07, 6.45) is 3.89. The number of aliphatic hydroxyl groups is 2. The van der Waals surface area contributed by atoms with Gasteiger partial charge in [0.05, 0.1) is 6.10 Å². The molecule has 3 heteroatoms. The van der Waals surface area contributed by atoms with E-state index < -0.39 is 0 Å². The molecule has 1 aliphatic rings. The largest absolute Gasteiger partial charge is 0.396 e. The van der Waals surface area contributed by atoms with Crippen molar-refractivity contribution >= 4 is 0 Å². The molecule has 2 atom stereocenters. The van der Waals surface area contributed by atoms with Gasteiger partial charge in [-0.05, 0) is 43.6 Å². The monoisotopic (exact) mass is 243 g/mol. The van der Waals surface area contributed by atoms with Crippen LogP contribution in [0.25, 0.3) is 0 Å². The van der Waals surface area contributed by atoms with Gasteiger partial charge in [-0.25, -0.2) is 0 Å². The average Bonchev–Trinajstić information content (AvgIpc) is 2.28. The van der Waals surface area contributed by atoms with Crippen LogP contribution in [0.4, 0.5) is 0 Å². The summed E-state index contributed by atoms with van der Waals surface area (Å²) in [7, 11) is 0. The highest BCUT2D eigenvalue weighted by molar-refractivity contribution is 4.86. The van der Waals surface area contributed by atoms with E-state index in [9.17, 15) is 5.11 Å². The minimum Gasteiger partial charge on any atom is -0.396 e. The fourth-order valence-electron chi connectivity index (χ4n) is 2.91. The third-order valence-corrected chi connectivity index (χ3v) is 4.05. The molecule has 0 spiro atoms. The number of nitrogens with zero attached hydrogens (tertiary/aromatic N) is 1. The van der Waals surface area contributed by atoms with E-state index in [-0.39, 0.29) is 12.7 Å². The van der Waals surface area contributed by atoms with E-state index in [0.717, 1.165) is 45.3 Å². The second-order valence-electron chi connectivity index (χ2n) is 6.20. The number of aliphatic hydroxyl groups excluding tert-OH is 2. The highest BCUT2D eigenvalue weighted by Crippen LogP contribution is 2.38. The first-order chi connectivity index (χ1) is 7.98. The zero-order valence-electron chi connectivity index (χ0n) is 11.7. The topological polar surface area (TPSA) is 43.7 Å². The first-order valence-electron chi connectivity index (χ1n) is 7.00. The summed E-state index contributed by atoms with van der Waals surface area (Å²) in [5.41, 5.74) is 0.375. The maximum Gasteiger partial charge on any atom is 0.0581 e. The van der Waals surface area contributed by atoms with E-state index in [2.05, 4.69) is 25.7 Å². The van der Waals surface area contributed by atoms with Crippen LogP contribution in [-0.4, -0.2) is 47.5 Å². The van der Waals surface area contributed by atoms with E-state index in [0.29, 0.717) is 11.3 Å². The molecular weight excluding hydrogens is 214 g/mol. The minimum atomic E-state index is -0.133. The van der Waals surface area contributed by atoms with Crippen molar-refractivity contribution in [2.24, 2.45) is 11.3 Å². The van der Waals surface area contributed by atoms with E-state index >= 15 is 0 Å². The van der Waals surface area contributed by atoms with Gasteiger partial charge in [0.1, 0.15) is 0 Å². The number of hydrogen-bond donors (Lipinski definition) is 2. The average molecular weight is 243 g/mol. The molecule has 0 bridgehead atoms. The Balaban J connectivity index is 2.46. The quantitative estimate of drug-likeness (QED) is 0.748. The molecule has 2 unspecified atom stereocenters. The molecule has 0 radical (unpaired) electrons. The van der Waals surface area contributed by atoms with Crippen molar-refractivity contribution in [2.45, 2.75) is 52.6 Å². The predicted octanol–water partition coefficient (Wildman–Crippen LogP) is 1.88. The molecule has 0 saturated heterocycles. The SMILES string of the molecule is CCN(CCCO)CC1CC(C)(C)CCC1O. The van der Waals surface area contributed by atoms with Crippen LogP contribution >= 0.6 is 0 Å². The Kier molecular flexibility index (Phi) is 5.90. The Morgan fingerprint density at radius 1 is 1.35 bits per heavy atom. The smallest absolute Gasteiger partial charge is 0.0581 e. The first-order valence-corrected chi connectivity index (χ1v) is 7.00. The lowest BCUT2D eigenvalue weighted by atomic mass is 9.70. The van der Waals surface area contributed by atoms with Gasteiger partial charge < -0.3 is 15.1 Å². The molecule has 17 heavy (non-hydrogen) atoms. The molecule has 0 heterocycles. The molecule has 0 aromatic rings. The second kappa shape index (κ2) is 6.72. The molecule has 0 aromatic heterocycles. The lowest BCUT2D eigenvalue weighted by Crippen LogP contribution is -2.41. The summed E-state index contributed by atoms with van der Waals surface area (Å²) in [4.78, 5) is 2.35. The van der Waals surface area contributed by atoms with Gasteiger partial charge in [0.15, 0.2) is 0 Å². The predicted molar refractivity (Wildman–Crippen MR) is 70.9 cm³/mol. The summed E-state index contributed by atoms with van der Waals surface area (Å²) in [5, 5.41) is 19.0. The molecule has 3 nitrogen and oxygen atoms in total. The van der Waals surface area contributed by atoms with Crippen molar-refractivity contribution in [2.75, 3.05) is 26.2 Å². The molecule has 1 fully saturated rings. The fraction of sp³-hybridized carbons (Fsp3) is 1.00. The standard InChI is InChI=1S/C14H29NO2/c1-4-15(8-5-9-16)11-12-10-14(2,3)7-6-13(12)17/h12-13,16-17H,4-11H2,1-3H3. The van der Waals surface area contributed by atoms with Crippen LogP contribution < -0.4 is 0 Å². The third kappa shape index (κ3) is 4.94. The first kappa shape index (κ1) is 14.9. The fourth-order valence-corrected chi connectivity index (χ4v) is 2.91. The van der Waals surface area contributed by atoms with Gasteiger partial charge in [-0.3, -0.25) is 0 Å². The van der Waals surface area contributed by atoms with E-state index in [1.807, 2.05) is 0 Å². The van der Waals surface area contributed by atoms with Crippen LogP contribution in [0, 0.1) is 11.3 Å². The molecule has 1 saturated carbocycles. The number of rotatable bonds is 6.